The highest BCUT2D eigenvalue weighted by Gasteiger charge is 2.46. The molecule has 3 nitrogen and oxygen atoms in total. The molecule has 3 aliphatic rings. The van der Waals surface area contributed by atoms with Gasteiger partial charge in [0.15, 0.2) is 0 Å². The van der Waals surface area contributed by atoms with Crippen molar-refractivity contribution >= 4 is 0 Å². The Hall–Kier alpha value is -0.590. The lowest BCUT2D eigenvalue weighted by atomic mass is 9.85. The van der Waals surface area contributed by atoms with Crippen molar-refractivity contribution in [3.05, 3.63) is 0 Å². The Bertz CT molecular complexity index is 396. The lowest BCUT2D eigenvalue weighted by Crippen LogP contribution is -2.49. The SMILES string of the molecule is CC(C)C1CCCN1CCC1CCCC1(C#N)NC1CC1. The van der Waals surface area contributed by atoms with Crippen molar-refractivity contribution in [3.63, 3.8) is 0 Å². The second-order valence-corrected chi connectivity index (χ2v) is 7.87. The maximum Gasteiger partial charge on any atom is 0.109 e. The summed E-state index contributed by atoms with van der Waals surface area (Å²) in [6, 6.07) is 4.10. The van der Waals surface area contributed by atoms with Gasteiger partial charge in [-0.15, -0.1) is 0 Å². The maximum absolute atomic E-state index is 9.77. The molecule has 2 saturated carbocycles. The van der Waals surface area contributed by atoms with Gasteiger partial charge in [-0.25, -0.2) is 0 Å². The summed E-state index contributed by atoms with van der Waals surface area (Å²) in [5, 5.41) is 13.5. The number of rotatable bonds is 6. The highest BCUT2D eigenvalue weighted by Crippen LogP contribution is 2.40. The van der Waals surface area contributed by atoms with Crippen LogP contribution in [0.25, 0.3) is 0 Å². The molecule has 2 aliphatic carbocycles. The Kier molecular flexibility index (Phi) is 4.57. The molecule has 0 spiro atoms. The molecular weight excluding hydrogens is 258 g/mol. The number of hydrogen-bond acceptors (Lipinski definition) is 3. The average molecular weight is 289 g/mol. The van der Waals surface area contributed by atoms with Crippen molar-refractivity contribution in [2.75, 3.05) is 13.1 Å². The zero-order valence-electron chi connectivity index (χ0n) is 13.8. The summed E-state index contributed by atoms with van der Waals surface area (Å²) < 4.78 is 0. The quantitative estimate of drug-likeness (QED) is 0.815. The molecule has 0 bridgehead atoms. The van der Waals surface area contributed by atoms with Gasteiger partial charge in [-0.05, 0) is 69.9 Å². The molecule has 0 radical (unpaired) electrons. The molecule has 3 fully saturated rings. The molecule has 0 aromatic rings. The van der Waals surface area contributed by atoms with Crippen LogP contribution in [-0.4, -0.2) is 35.6 Å². The highest BCUT2D eigenvalue weighted by atomic mass is 15.2. The van der Waals surface area contributed by atoms with E-state index < -0.39 is 0 Å². The molecule has 118 valence electrons. The molecule has 21 heavy (non-hydrogen) atoms. The lowest BCUT2D eigenvalue weighted by molar-refractivity contribution is 0.179. The molecule has 0 aromatic carbocycles. The van der Waals surface area contributed by atoms with Crippen LogP contribution in [0.3, 0.4) is 0 Å². The number of hydrogen-bond donors (Lipinski definition) is 1. The van der Waals surface area contributed by atoms with Crippen LogP contribution in [0.4, 0.5) is 0 Å². The average Bonchev–Trinajstić information content (AvgIpc) is 3.01. The molecule has 0 amide bonds. The third-order valence-electron chi connectivity index (χ3n) is 6.01. The third kappa shape index (κ3) is 3.27. The first kappa shape index (κ1) is 15.3. The first-order valence-electron chi connectivity index (χ1n) is 9.07. The minimum atomic E-state index is -0.200. The first-order valence-corrected chi connectivity index (χ1v) is 9.07. The number of nitrogens with zero attached hydrogens (tertiary/aromatic N) is 2. The van der Waals surface area contributed by atoms with E-state index >= 15 is 0 Å². The Balaban J connectivity index is 1.57. The van der Waals surface area contributed by atoms with Crippen LogP contribution in [-0.2, 0) is 0 Å². The summed E-state index contributed by atoms with van der Waals surface area (Å²) in [4.78, 5) is 2.70. The number of nitrogens with one attached hydrogen (secondary N) is 1. The van der Waals surface area contributed by atoms with E-state index in [0.717, 1.165) is 18.4 Å². The summed E-state index contributed by atoms with van der Waals surface area (Å²) in [5.41, 5.74) is -0.200. The van der Waals surface area contributed by atoms with Gasteiger partial charge in [0.2, 0.25) is 0 Å². The van der Waals surface area contributed by atoms with E-state index in [9.17, 15) is 5.26 Å². The molecule has 1 saturated heterocycles. The molecular formula is C18H31N3. The van der Waals surface area contributed by atoms with Crippen LogP contribution in [0.2, 0.25) is 0 Å². The Labute approximate surface area is 130 Å². The molecule has 0 aromatic heterocycles. The predicted molar refractivity (Wildman–Crippen MR) is 85.9 cm³/mol. The summed E-state index contributed by atoms with van der Waals surface area (Å²) in [6.45, 7) is 7.17. The van der Waals surface area contributed by atoms with Gasteiger partial charge in [-0.3, -0.25) is 5.32 Å². The predicted octanol–water partition coefficient (Wildman–Crippen LogP) is 3.31. The summed E-state index contributed by atoms with van der Waals surface area (Å²) in [6.07, 6.45) is 10.0. The minimum absolute atomic E-state index is 0.200. The fraction of sp³-hybridized carbons (Fsp3) is 0.944. The van der Waals surface area contributed by atoms with Crippen LogP contribution < -0.4 is 5.32 Å². The van der Waals surface area contributed by atoms with E-state index in [1.807, 2.05) is 0 Å². The van der Waals surface area contributed by atoms with E-state index in [0.29, 0.717) is 12.0 Å². The van der Waals surface area contributed by atoms with Gasteiger partial charge in [0, 0.05) is 12.1 Å². The van der Waals surface area contributed by atoms with Crippen LogP contribution in [0, 0.1) is 23.2 Å². The van der Waals surface area contributed by atoms with E-state index in [-0.39, 0.29) is 5.54 Å². The van der Waals surface area contributed by atoms with Gasteiger partial charge in [-0.1, -0.05) is 20.3 Å². The van der Waals surface area contributed by atoms with Gasteiger partial charge in [0.25, 0.3) is 0 Å². The van der Waals surface area contributed by atoms with Crippen molar-refractivity contribution in [2.45, 2.75) is 82.8 Å². The zero-order chi connectivity index (χ0) is 14.9. The molecule has 3 atom stereocenters. The van der Waals surface area contributed by atoms with E-state index in [4.69, 9.17) is 0 Å². The standard InChI is InChI=1S/C18H31N3/c1-14(2)17-6-4-11-21(17)12-9-15-5-3-10-18(15,13-19)20-16-7-8-16/h14-17,20H,3-12H2,1-2H3. The van der Waals surface area contributed by atoms with Gasteiger partial charge in [0.05, 0.1) is 6.07 Å². The van der Waals surface area contributed by atoms with Crippen LogP contribution in [0.5, 0.6) is 0 Å². The van der Waals surface area contributed by atoms with Crippen LogP contribution >= 0.6 is 0 Å². The summed E-state index contributed by atoms with van der Waals surface area (Å²) >= 11 is 0. The van der Waals surface area contributed by atoms with Crippen molar-refractivity contribution < 1.29 is 0 Å². The molecule has 1 aliphatic heterocycles. The summed E-state index contributed by atoms with van der Waals surface area (Å²) in [5.74, 6) is 1.33. The smallest absolute Gasteiger partial charge is 0.109 e. The van der Waals surface area contributed by atoms with Gasteiger partial charge >= 0.3 is 0 Å². The van der Waals surface area contributed by atoms with Gasteiger partial charge < -0.3 is 4.90 Å². The van der Waals surface area contributed by atoms with Crippen molar-refractivity contribution in [3.8, 4) is 6.07 Å². The Morgan fingerprint density at radius 3 is 2.71 bits per heavy atom. The Morgan fingerprint density at radius 2 is 2.05 bits per heavy atom. The monoisotopic (exact) mass is 289 g/mol. The second kappa shape index (κ2) is 6.26. The second-order valence-electron chi connectivity index (χ2n) is 7.87. The number of likely N-dealkylation sites (tertiary alicyclic amines) is 1. The maximum atomic E-state index is 9.77. The fourth-order valence-electron chi connectivity index (χ4n) is 4.64. The fourth-order valence-corrected chi connectivity index (χ4v) is 4.64. The normalized spacial score (nSPS) is 37.2. The molecule has 3 heteroatoms. The number of nitriles is 1. The summed E-state index contributed by atoms with van der Waals surface area (Å²) in [7, 11) is 0. The lowest BCUT2D eigenvalue weighted by Gasteiger charge is -2.33. The first-order chi connectivity index (χ1) is 10.1. The van der Waals surface area contributed by atoms with Gasteiger partial charge in [-0.2, -0.15) is 5.26 Å². The van der Waals surface area contributed by atoms with E-state index in [2.05, 4.69) is 30.1 Å². The van der Waals surface area contributed by atoms with Crippen molar-refractivity contribution in [2.24, 2.45) is 11.8 Å². The van der Waals surface area contributed by atoms with Crippen LogP contribution in [0.15, 0.2) is 0 Å². The largest absolute Gasteiger partial charge is 0.300 e. The molecule has 1 N–H and O–H groups in total. The minimum Gasteiger partial charge on any atom is -0.300 e. The van der Waals surface area contributed by atoms with E-state index in [1.54, 1.807) is 0 Å². The third-order valence-corrected chi connectivity index (χ3v) is 6.01. The zero-order valence-corrected chi connectivity index (χ0v) is 13.8. The van der Waals surface area contributed by atoms with Crippen LogP contribution in [0.1, 0.15) is 65.2 Å². The van der Waals surface area contributed by atoms with Gasteiger partial charge in [0.1, 0.15) is 5.54 Å². The molecule has 3 rings (SSSR count). The molecule has 3 unspecified atom stereocenters. The molecule has 1 heterocycles. The van der Waals surface area contributed by atoms with Crippen molar-refractivity contribution in [1.29, 1.82) is 5.26 Å². The van der Waals surface area contributed by atoms with E-state index in [1.165, 1.54) is 58.0 Å². The Morgan fingerprint density at radius 1 is 1.24 bits per heavy atom. The van der Waals surface area contributed by atoms with Crippen molar-refractivity contribution in [1.82, 2.24) is 10.2 Å². The topological polar surface area (TPSA) is 39.1 Å². The highest BCUT2D eigenvalue weighted by molar-refractivity contribution is 5.16.